The molecule has 1 aromatic heterocycles. The fourth-order valence-electron chi connectivity index (χ4n) is 2.46. The molecule has 0 bridgehead atoms. The van der Waals surface area contributed by atoms with Crippen LogP contribution in [0, 0.1) is 5.92 Å². The number of anilines is 1. The Kier molecular flexibility index (Phi) is 4.14. The van der Waals surface area contributed by atoms with Gasteiger partial charge in [0.25, 0.3) is 0 Å². The molecule has 4 heteroatoms. The lowest BCUT2D eigenvalue weighted by molar-refractivity contribution is -0.122. The van der Waals surface area contributed by atoms with Gasteiger partial charge in [-0.25, -0.2) is 0 Å². The summed E-state index contributed by atoms with van der Waals surface area (Å²) in [6.07, 6.45) is 1.82. The fourth-order valence-corrected chi connectivity index (χ4v) is 2.46. The van der Waals surface area contributed by atoms with Gasteiger partial charge in [0.15, 0.2) is 0 Å². The van der Waals surface area contributed by atoms with Crippen molar-refractivity contribution in [1.29, 1.82) is 0 Å². The van der Waals surface area contributed by atoms with Gasteiger partial charge in [-0.1, -0.05) is 34.6 Å². The van der Waals surface area contributed by atoms with Gasteiger partial charge in [0.05, 0.1) is 17.9 Å². The maximum Gasteiger partial charge on any atom is 0.244 e. The molecular weight excluding hydrogens is 250 g/mol. The van der Waals surface area contributed by atoms with Crippen LogP contribution in [-0.4, -0.2) is 30.0 Å². The van der Waals surface area contributed by atoms with Crippen molar-refractivity contribution < 1.29 is 4.79 Å². The topological polar surface area (TPSA) is 45.2 Å². The van der Waals surface area contributed by atoms with Gasteiger partial charge in [-0.3, -0.25) is 9.78 Å². The van der Waals surface area contributed by atoms with E-state index in [4.69, 9.17) is 0 Å². The Hall–Kier alpha value is -1.42. The Morgan fingerprint density at radius 1 is 1.35 bits per heavy atom. The highest BCUT2D eigenvalue weighted by molar-refractivity contribution is 5.98. The number of pyridine rings is 1. The van der Waals surface area contributed by atoms with E-state index in [1.807, 2.05) is 23.2 Å². The largest absolute Gasteiger partial charge is 0.308 e. The summed E-state index contributed by atoms with van der Waals surface area (Å²) in [5.74, 6) is 0.448. The van der Waals surface area contributed by atoms with Crippen molar-refractivity contribution in [3.63, 3.8) is 0 Å². The van der Waals surface area contributed by atoms with Gasteiger partial charge >= 0.3 is 0 Å². The molecule has 1 aromatic rings. The summed E-state index contributed by atoms with van der Waals surface area (Å²) in [5.41, 5.74) is 1.98. The number of nitrogens with one attached hydrogen (secondary N) is 1. The molecule has 0 aliphatic carbocycles. The SMILES string of the molecule is CC(C)[C@H]1NCCN(c2ccc(C(C)(C)C)nc2)C1=O. The molecule has 0 saturated carbocycles. The number of rotatable bonds is 2. The van der Waals surface area contributed by atoms with Crippen LogP contribution in [0.3, 0.4) is 0 Å². The Morgan fingerprint density at radius 3 is 2.55 bits per heavy atom. The third kappa shape index (κ3) is 3.01. The van der Waals surface area contributed by atoms with Crippen LogP contribution < -0.4 is 10.2 Å². The van der Waals surface area contributed by atoms with Crippen LogP contribution in [-0.2, 0) is 10.2 Å². The number of hydrogen-bond donors (Lipinski definition) is 1. The lowest BCUT2D eigenvalue weighted by atomic mass is 9.91. The second kappa shape index (κ2) is 5.52. The molecule has 4 nitrogen and oxygen atoms in total. The van der Waals surface area contributed by atoms with E-state index >= 15 is 0 Å². The molecule has 0 unspecified atom stereocenters. The molecule has 20 heavy (non-hydrogen) atoms. The average Bonchev–Trinajstić information content (AvgIpc) is 2.38. The number of hydrogen-bond acceptors (Lipinski definition) is 3. The van der Waals surface area contributed by atoms with Crippen LogP contribution >= 0.6 is 0 Å². The predicted molar refractivity (Wildman–Crippen MR) is 81.9 cm³/mol. The van der Waals surface area contributed by atoms with Crippen molar-refractivity contribution in [2.45, 2.75) is 46.1 Å². The van der Waals surface area contributed by atoms with Gasteiger partial charge < -0.3 is 10.2 Å². The first-order valence-electron chi connectivity index (χ1n) is 7.32. The minimum atomic E-state index is -0.0916. The Morgan fingerprint density at radius 2 is 2.05 bits per heavy atom. The van der Waals surface area contributed by atoms with Crippen molar-refractivity contribution in [1.82, 2.24) is 10.3 Å². The monoisotopic (exact) mass is 275 g/mol. The van der Waals surface area contributed by atoms with E-state index in [-0.39, 0.29) is 17.4 Å². The highest BCUT2D eigenvalue weighted by Crippen LogP contribution is 2.24. The number of carbonyl (C=O) groups is 1. The van der Waals surface area contributed by atoms with Gasteiger partial charge in [0.2, 0.25) is 5.91 Å². The zero-order chi connectivity index (χ0) is 14.9. The normalized spacial score (nSPS) is 20.6. The van der Waals surface area contributed by atoms with Crippen molar-refractivity contribution in [3.05, 3.63) is 24.0 Å². The smallest absolute Gasteiger partial charge is 0.244 e. The molecule has 1 fully saturated rings. The second-order valence-electron chi connectivity index (χ2n) is 6.82. The number of carbonyl (C=O) groups excluding carboxylic acids is 1. The summed E-state index contributed by atoms with van der Waals surface area (Å²) < 4.78 is 0. The van der Waals surface area contributed by atoms with Crippen LogP contribution in [0.25, 0.3) is 0 Å². The quantitative estimate of drug-likeness (QED) is 0.901. The van der Waals surface area contributed by atoms with E-state index in [1.54, 1.807) is 0 Å². The Balaban J connectivity index is 2.21. The fraction of sp³-hybridized carbons (Fsp3) is 0.625. The van der Waals surface area contributed by atoms with Gasteiger partial charge in [-0.05, 0) is 18.1 Å². The van der Waals surface area contributed by atoms with Crippen LogP contribution in [0.15, 0.2) is 18.3 Å². The third-order valence-corrected chi connectivity index (χ3v) is 3.73. The zero-order valence-electron chi connectivity index (χ0n) is 13.1. The van der Waals surface area contributed by atoms with Crippen LogP contribution in [0.1, 0.15) is 40.3 Å². The summed E-state index contributed by atoms with van der Waals surface area (Å²) in [7, 11) is 0. The molecule has 1 aliphatic heterocycles. The van der Waals surface area contributed by atoms with E-state index in [9.17, 15) is 4.79 Å². The minimum absolute atomic E-state index is 0.0342. The third-order valence-electron chi connectivity index (χ3n) is 3.73. The summed E-state index contributed by atoms with van der Waals surface area (Å²) >= 11 is 0. The van der Waals surface area contributed by atoms with Crippen LogP contribution in [0.4, 0.5) is 5.69 Å². The van der Waals surface area contributed by atoms with Gasteiger partial charge in [0.1, 0.15) is 0 Å². The van der Waals surface area contributed by atoms with Crippen LogP contribution in [0.2, 0.25) is 0 Å². The Bertz CT molecular complexity index is 473. The number of piperazine rings is 1. The van der Waals surface area contributed by atoms with Crippen molar-refractivity contribution in [2.24, 2.45) is 5.92 Å². The van der Waals surface area contributed by atoms with E-state index in [2.05, 4.69) is 44.9 Å². The maximum atomic E-state index is 12.5. The van der Waals surface area contributed by atoms with Crippen molar-refractivity contribution in [2.75, 3.05) is 18.0 Å². The summed E-state index contributed by atoms with van der Waals surface area (Å²) in [4.78, 5) is 18.8. The van der Waals surface area contributed by atoms with Gasteiger partial charge in [-0.15, -0.1) is 0 Å². The standard InChI is InChI=1S/C16H25N3O/c1-11(2)14-15(20)19(9-8-17-14)12-6-7-13(18-10-12)16(3,4)5/h6-7,10-11,14,17H,8-9H2,1-5H3/t14-/m1/s1. The highest BCUT2D eigenvalue weighted by Gasteiger charge is 2.31. The molecule has 2 rings (SSSR count). The van der Waals surface area contributed by atoms with E-state index in [0.29, 0.717) is 12.5 Å². The van der Waals surface area contributed by atoms with E-state index < -0.39 is 0 Å². The molecule has 0 aromatic carbocycles. The minimum Gasteiger partial charge on any atom is -0.308 e. The molecule has 2 heterocycles. The number of aromatic nitrogens is 1. The second-order valence-corrected chi connectivity index (χ2v) is 6.82. The lowest BCUT2D eigenvalue weighted by Gasteiger charge is -2.35. The number of nitrogens with zero attached hydrogens (tertiary/aromatic N) is 2. The van der Waals surface area contributed by atoms with Gasteiger partial charge in [-0.2, -0.15) is 0 Å². The first-order chi connectivity index (χ1) is 9.30. The molecule has 1 N–H and O–H groups in total. The molecule has 1 atom stereocenters. The average molecular weight is 275 g/mol. The van der Waals surface area contributed by atoms with E-state index in [0.717, 1.165) is 17.9 Å². The predicted octanol–water partition coefficient (Wildman–Crippen LogP) is 2.34. The van der Waals surface area contributed by atoms with Crippen molar-refractivity contribution >= 4 is 11.6 Å². The number of amides is 1. The molecule has 1 aliphatic rings. The summed E-state index contributed by atoms with van der Waals surface area (Å²) in [5, 5.41) is 3.29. The summed E-state index contributed by atoms with van der Waals surface area (Å²) in [6, 6.07) is 3.94. The molecule has 0 spiro atoms. The van der Waals surface area contributed by atoms with Crippen molar-refractivity contribution in [3.8, 4) is 0 Å². The van der Waals surface area contributed by atoms with Gasteiger partial charge in [0, 0.05) is 24.2 Å². The zero-order valence-corrected chi connectivity index (χ0v) is 13.1. The molecular formula is C16H25N3O. The first kappa shape index (κ1) is 15.0. The highest BCUT2D eigenvalue weighted by atomic mass is 16.2. The van der Waals surface area contributed by atoms with E-state index in [1.165, 1.54) is 0 Å². The lowest BCUT2D eigenvalue weighted by Crippen LogP contribution is -2.57. The molecule has 110 valence electrons. The molecule has 1 saturated heterocycles. The summed E-state index contributed by atoms with van der Waals surface area (Å²) in [6.45, 7) is 12.1. The Labute approximate surface area is 121 Å². The molecule has 1 amide bonds. The maximum absolute atomic E-state index is 12.5. The first-order valence-corrected chi connectivity index (χ1v) is 7.32. The molecule has 0 radical (unpaired) electrons. The van der Waals surface area contributed by atoms with Crippen LogP contribution in [0.5, 0.6) is 0 Å².